The van der Waals surface area contributed by atoms with Crippen LogP contribution < -0.4 is 10.2 Å². The zero-order chi connectivity index (χ0) is 17.7. The Bertz CT molecular complexity index is 977. The summed E-state index contributed by atoms with van der Waals surface area (Å²) in [5, 5.41) is 5.38. The van der Waals surface area contributed by atoms with Gasteiger partial charge in [0.1, 0.15) is 5.65 Å². The fraction of sp³-hybridized carbons (Fsp3) is 0.450. The summed E-state index contributed by atoms with van der Waals surface area (Å²) >= 11 is 0. The van der Waals surface area contributed by atoms with Gasteiger partial charge < -0.3 is 15.2 Å². The summed E-state index contributed by atoms with van der Waals surface area (Å²) in [5.41, 5.74) is 2.92. The number of fused-ring (bicyclic) bond motifs is 3. The summed E-state index contributed by atoms with van der Waals surface area (Å²) in [4.78, 5) is 27.1. The van der Waals surface area contributed by atoms with Gasteiger partial charge in [0.15, 0.2) is 0 Å². The predicted octanol–water partition coefficient (Wildman–Crippen LogP) is 2.99. The van der Waals surface area contributed by atoms with Crippen LogP contribution in [0.3, 0.4) is 0 Å². The number of nitrogens with one attached hydrogen (secondary N) is 2. The van der Waals surface area contributed by atoms with Crippen LogP contribution in [0.4, 0.5) is 5.69 Å². The molecule has 6 nitrogen and oxygen atoms in total. The van der Waals surface area contributed by atoms with Gasteiger partial charge in [-0.3, -0.25) is 9.78 Å². The molecule has 6 heteroatoms. The number of hydrogen-bond acceptors (Lipinski definition) is 4. The van der Waals surface area contributed by atoms with Crippen LogP contribution in [-0.2, 0) is 4.79 Å². The van der Waals surface area contributed by atoms with Crippen molar-refractivity contribution >= 4 is 33.5 Å². The largest absolute Gasteiger partial charge is 0.367 e. The lowest BCUT2D eigenvalue weighted by Gasteiger charge is -2.39. The molecule has 0 bridgehead atoms. The third-order valence-electron chi connectivity index (χ3n) is 5.75. The standard InChI is InChI=1S/C20H23N5O/c1-12-2-3-13(20(26)24-14-4-5-14)11-25(12)17-7-9-21-16-10-23-19-15(18(16)17)6-8-22-19/h6-10,12-14H,2-5,11H2,1H3,(H,22,23)(H,24,26)/t12-,13-/m1/s1. The summed E-state index contributed by atoms with van der Waals surface area (Å²) < 4.78 is 0. The molecule has 1 saturated heterocycles. The second-order valence-electron chi connectivity index (χ2n) is 7.65. The average molecular weight is 349 g/mol. The van der Waals surface area contributed by atoms with Gasteiger partial charge in [0.05, 0.1) is 17.6 Å². The molecule has 3 aromatic heterocycles. The number of carbonyl (C=O) groups excluding carboxylic acids is 1. The molecule has 0 aromatic carbocycles. The molecular formula is C20H23N5O. The number of amides is 1. The van der Waals surface area contributed by atoms with Crippen LogP contribution in [0.2, 0.25) is 0 Å². The van der Waals surface area contributed by atoms with Crippen LogP contribution in [0, 0.1) is 5.92 Å². The number of carbonyl (C=O) groups is 1. The molecule has 134 valence electrons. The highest BCUT2D eigenvalue weighted by molar-refractivity contribution is 6.10. The SMILES string of the molecule is C[C@@H]1CC[C@@H](C(=O)NC2CC2)CN1c1ccnc2cnc3[nH]ccc3c12. The number of anilines is 1. The molecule has 4 heterocycles. The number of hydrogen-bond donors (Lipinski definition) is 2. The molecule has 2 fully saturated rings. The Morgan fingerprint density at radius 1 is 1.23 bits per heavy atom. The predicted molar refractivity (Wildman–Crippen MR) is 102 cm³/mol. The molecule has 1 aliphatic carbocycles. The molecule has 3 aromatic rings. The van der Waals surface area contributed by atoms with E-state index in [1.807, 2.05) is 18.6 Å². The lowest BCUT2D eigenvalue weighted by atomic mass is 9.91. The van der Waals surface area contributed by atoms with Gasteiger partial charge in [-0.2, -0.15) is 0 Å². The number of rotatable bonds is 3. The van der Waals surface area contributed by atoms with Crippen LogP contribution in [0.5, 0.6) is 0 Å². The lowest BCUT2D eigenvalue weighted by Crippen LogP contribution is -2.47. The van der Waals surface area contributed by atoms with Crippen molar-refractivity contribution in [1.82, 2.24) is 20.3 Å². The molecule has 1 saturated carbocycles. The van der Waals surface area contributed by atoms with E-state index in [0.29, 0.717) is 12.1 Å². The van der Waals surface area contributed by atoms with Gasteiger partial charge in [-0.05, 0) is 44.7 Å². The zero-order valence-electron chi connectivity index (χ0n) is 14.9. The van der Waals surface area contributed by atoms with Gasteiger partial charge in [-0.25, -0.2) is 4.98 Å². The minimum atomic E-state index is 0.0542. The van der Waals surface area contributed by atoms with E-state index < -0.39 is 0 Å². The molecule has 0 radical (unpaired) electrons. The van der Waals surface area contributed by atoms with E-state index in [1.54, 1.807) is 0 Å². The summed E-state index contributed by atoms with van der Waals surface area (Å²) in [6, 6.07) is 4.95. The Balaban J connectivity index is 1.54. The first-order chi connectivity index (χ1) is 12.7. The summed E-state index contributed by atoms with van der Waals surface area (Å²) in [6.07, 6.45) is 9.83. The molecule has 0 unspecified atom stereocenters. The fourth-order valence-electron chi connectivity index (χ4n) is 4.08. The number of H-pyrrole nitrogens is 1. The Hall–Kier alpha value is -2.63. The van der Waals surface area contributed by atoms with Gasteiger partial charge in [0, 0.05) is 47.5 Å². The van der Waals surface area contributed by atoms with Crippen LogP contribution in [0.1, 0.15) is 32.6 Å². The van der Waals surface area contributed by atoms with E-state index in [4.69, 9.17) is 0 Å². The minimum Gasteiger partial charge on any atom is -0.367 e. The van der Waals surface area contributed by atoms with Gasteiger partial charge in [-0.15, -0.1) is 0 Å². The van der Waals surface area contributed by atoms with E-state index >= 15 is 0 Å². The smallest absolute Gasteiger partial charge is 0.225 e. The molecular weight excluding hydrogens is 326 g/mol. The Kier molecular flexibility index (Phi) is 3.58. The molecule has 2 atom stereocenters. The molecule has 0 spiro atoms. The Morgan fingerprint density at radius 3 is 2.96 bits per heavy atom. The highest BCUT2D eigenvalue weighted by Crippen LogP contribution is 2.35. The number of aromatic amines is 1. The van der Waals surface area contributed by atoms with Crippen LogP contribution in [0.25, 0.3) is 21.9 Å². The van der Waals surface area contributed by atoms with Crippen molar-refractivity contribution in [2.24, 2.45) is 5.92 Å². The maximum absolute atomic E-state index is 12.6. The van der Waals surface area contributed by atoms with Crippen molar-refractivity contribution in [3.8, 4) is 0 Å². The second-order valence-corrected chi connectivity index (χ2v) is 7.65. The lowest BCUT2D eigenvalue weighted by molar-refractivity contribution is -0.125. The van der Waals surface area contributed by atoms with Crippen molar-refractivity contribution in [3.05, 3.63) is 30.7 Å². The number of piperidine rings is 1. The third-order valence-corrected chi connectivity index (χ3v) is 5.75. The van der Waals surface area contributed by atoms with Gasteiger partial charge >= 0.3 is 0 Å². The first-order valence-corrected chi connectivity index (χ1v) is 9.48. The first-order valence-electron chi connectivity index (χ1n) is 9.48. The first kappa shape index (κ1) is 15.6. The van der Waals surface area contributed by atoms with E-state index in [1.165, 1.54) is 0 Å². The topological polar surface area (TPSA) is 73.9 Å². The molecule has 1 amide bonds. The van der Waals surface area contributed by atoms with E-state index in [-0.39, 0.29) is 11.8 Å². The molecule has 2 N–H and O–H groups in total. The maximum Gasteiger partial charge on any atom is 0.225 e. The zero-order valence-corrected chi connectivity index (χ0v) is 14.9. The summed E-state index contributed by atoms with van der Waals surface area (Å²) in [6.45, 7) is 3.00. The van der Waals surface area contributed by atoms with Crippen molar-refractivity contribution in [2.75, 3.05) is 11.4 Å². The van der Waals surface area contributed by atoms with Crippen LogP contribution in [0.15, 0.2) is 30.7 Å². The quantitative estimate of drug-likeness (QED) is 0.762. The second kappa shape index (κ2) is 5.97. The highest BCUT2D eigenvalue weighted by atomic mass is 16.2. The molecule has 26 heavy (non-hydrogen) atoms. The van der Waals surface area contributed by atoms with Crippen molar-refractivity contribution in [1.29, 1.82) is 0 Å². The van der Waals surface area contributed by atoms with Gasteiger partial charge in [0.2, 0.25) is 5.91 Å². The maximum atomic E-state index is 12.6. The molecule has 5 rings (SSSR count). The van der Waals surface area contributed by atoms with Crippen LogP contribution >= 0.6 is 0 Å². The molecule has 2 aliphatic rings. The van der Waals surface area contributed by atoms with Crippen LogP contribution in [-0.4, -0.2) is 39.5 Å². The minimum absolute atomic E-state index is 0.0542. The van der Waals surface area contributed by atoms with Gasteiger partial charge in [0.25, 0.3) is 0 Å². The number of aromatic nitrogens is 3. The van der Waals surface area contributed by atoms with Crippen molar-refractivity contribution in [2.45, 2.75) is 44.7 Å². The normalized spacial score (nSPS) is 23.5. The summed E-state index contributed by atoms with van der Waals surface area (Å²) in [7, 11) is 0. The van der Waals surface area contributed by atoms with Gasteiger partial charge in [-0.1, -0.05) is 0 Å². The van der Waals surface area contributed by atoms with Crippen molar-refractivity contribution < 1.29 is 4.79 Å². The highest BCUT2D eigenvalue weighted by Gasteiger charge is 2.33. The monoisotopic (exact) mass is 349 g/mol. The van der Waals surface area contributed by atoms with E-state index in [2.05, 4.69) is 44.2 Å². The van der Waals surface area contributed by atoms with E-state index in [0.717, 1.165) is 59.9 Å². The van der Waals surface area contributed by atoms with Crippen molar-refractivity contribution in [3.63, 3.8) is 0 Å². The average Bonchev–Trinajstić information content (AvgIpc) is 3.33. The third kappa shape index (κ3) is 2.60. The Morgan fingerprint density at radius 2 is 2.12 bits per heavy atom. The number of pyridine rings is 2. The molecule has 1 aliphatic heterocycles. The Labute approximate surface area is 152 Å². The van der Waals surface area contributed by atoms with E-state index in [9.17, 15) is 4.79 Å². The number of nitrogens with zero attached hydrogens (tertiary/aromatic N) is 3. The fourth-order valence-corrected chi connectivity index (χ4v) is 4.08. The summed E-state index contributed by atoms with van der Waals surface area (Å²) in [5.74, 6) is 0.273.